The molecule has 1 atom stereocenters. The number of nitrogens with one attached hydrogen (secondary N) is 1. The van der Waals surface area contributed by atoms with Crippen LogP contribution in [0.15, 0.2) is 87.0 Å². The summed E-state index contributed by atoms with van der Waals surface area (Å²) in [7, 11) is 0. The van der Waals surface area contributed by atoms with E-state index in [4.69, 9.17) is 11.6 Å². The lowest BCUT2D eigenvalue weighted by Gasteiger charge is -2.14. The van der Waals surface area contributed by atoms with Gasteiger partial charge >= 0.3 is 5.97 Å². The van der Waals surface area contributed by atoms with E-state index in [9.17, 15) is 24.2 Å². The van der Waals surface area contributed by atoms with Gasteiger partial charge < -0.3 is 10.2 Å². The number of allylic oxidation sites excluding steroid dienone is 3. The number of aromatic nitrogens is 2. The number of carbonyl (C=O) groups is 1. The van der Waals surface area contributed by atoms with E-state index in [2.05, 4.69) is 15.3 Å². The summed E-state index contributed by atoms with van der Waals surface area (Å²) >= 11 is 6.04. The molecule has 1 unspecified atom stereocenters. The van der Waals surface area contributed by atoms with Crippen LogP contribution >= 0.6 is 11.6 Å². The summed E-state index contributed by atoms with van der Waals surface area (Å²) < 4.78 is 14.4. The van der Waals surface area contributed by atoms with Crippen molar-refractivity contribution in [3.8, 4) is 5.69 Å². The van der Waals surface area contributed by atoms with Crippen LogP contribution in [0.5, 0.6) is 0 Å². The van der Waals surface area contributed by atoms with Crippen molar-refractivity contribution in [3.05, 3.63) is 110 Å². The number of carboxylic acid groups (broad SMARTS) is 1. The highest BCUT2D eigenvalue weighted by Crippen LogP contribution is 2.25. The van der Waals surface area contributed by atoms with E-state index in [0.717, 1.165) is 0 Å². The summed E-state index contributed by atoms with van der Waals surface area (Å²) in [5.41, 5.74) is 1.42. The Labute approximate surface area is 204 Å². The number of benzene rings is 2. The zero-order chi connectivity index (χ0) is 25.1. The maximum Gasteiger partial charge on any atom is 0.335 e. The Kier molecular flexibility index (Phi) is 6.79. The van der Waals surface area contributed by atoms with E-state index in [-0.39, 0.29) is 22.0 Å². The molecule has 1 aromatic heterocycles. The van der Waals surface area contributed by atoms with Gasteiger partial charge in [-0.3, -0.25) is 9.89 Å². The molecule has 1 aliphatic rings. The highest BCUT2D eigenvalue weighted by atomic mass is 35.5. The lowest BCUT2D eigenvalue weighted by molar-refractivity contribution is 0.0697. The van der Waals surface area contributed by atoms with Gasteiger partial charge in [0.15, 0.2) is 5.69 Å². The second-order valence-corrected chi connectivity index (χ2v) is 8.20. The van der Waals surface area contributed by atoms with Gasteiger partial charge in [0.25, 0.3) is 5.56 Å². The Morgan fingerprint density at radius 2 is 2.06 bits per heavy atom. The van der Waals surface area contributed by atoms with Gasteiger partial charge in [0.1, 0.15) is 17.6 Å². The van der Waals surface area contributed by atoms with Gasteiger partial charge in [0, 0.05) is 5.57 Å². The maximum absolute atomic E-state index is 13.2. The predicted octanol–water partition coefficient (Wildman–Crippen LogP) is 5.90. The van der Waals surface area contributed by atoms with E-state index < -0.39 is 23.4 Å². The van der Waals surface area contributed by atoms with Crippen LogP contribution < -0.4 is 5.56 Å². The van der Waals surface area contributed by atoms with Crippen molar-refractivity contribution in [1.29, 1.82) is 0 Å². The summed E-state index contributed by atoms with van der Waals surface area (Å²) in [4.78, 5) is 24.1. The van der Waals surface area contributed by atoms with E-state index in [1.807, 2.05) is 6.08 Å². The second-order valence-electron chi connectivity index (χ2n) is 7.79. The van der Waals surface area contributed by atoms with Gasteiger partial charge in [-0.1, -0.05) is 48.0 Å². The molecule has 1 heterocycles. The molecule has 0 amide bonds. The molecule has 2 aromatic carbocycles. The van der Waals surface area contributed by atoms with Crippen molar-refractivity contribution in [2.75, 3.05) is 0 Å². The van der Waals surface area contributed by atoms with Gasteiger partial charge in [-0.25, -0.2) is 13.9 Å². The Hall–Kier alpha value is -4.24. The molecule has 3 N–H and O–H groups in total. The normalized spacial score (nSPS) is 16.0. The molecule has 0 spiro atoms. The number of H-pyrrole nitrogens is 1. The number of hydrogen-bond acceptors (Lipinski definition) is 5. The molecule has 10 heteroatoms. The molecule has 1 aliphatic carbocycles. The third-order valence-corrected chi connectivity index (χ3v) is 5.69. The van der Waals surface area contributed by atoms with Crippen LogP contribution in [0.3, 0.4) is 0 Å². The van der Waals surface area contributed by atoms with Gasteiger partial charge in [-0.2, -0.15) is 5.11 Å². The molecule has 0 saturated carbocycles. The van der Waals surface area contributed by atoms with Crippen molar-refractivity contribution in [3.63, 3.8) is 0 Å². The third kappa shape index (κ3) is 5.15. The zero-order valence-electron chi connectivity index (χ0n) is 18.4. The first kappa shape index (κ1) is 23.9. The van der Waals surface area contributed by atoms with Crippen molar-refractivity contribution in [2.24, 2.45) is 10.2 Å². The first-order chi connectivity index (χ1) is 16.7. The number of aryl methyl sites for hydroxylation is 1. The minimum atomic E-state index is -1.11. The van der Waals surface area contributed by atoms with Crippen molar-refractivity contribution >= 4 is 29.3 Å². The van der Waals surface area contributed by atoms with Crippen molar-refractivity contribution < 1.29 is 19.4 Å². The fourth-order valence-electron chi connectivity index (χ4n) is 3.52. The molecule has 3 aromatic rings. The van der Waals surface area contributed by atoms with Gasteiger partial charge in [0.2, 0.25) is 0 Å². The number of rotatable bonds is 6. The number of carboxylic acids is 1. The van der Waals surface area contributed by atoms with Crippen LogP contribution in [0.1, 0.15) is 28.0 Å². The number of halogens is 2. The molecule has 8 nitrogen and oxygen atoms in total. The molecule has 0 aliphatic heterocycles. The van der Waals surface area contributed by atoms with E-state index in [0.29, 0.717) is 28.9 Å². The number of aliphatic hydroxyl groups is 1. The molecule has 4 rings (SSSR count). The van der Waals surface area contributed by atoms with Crippen molar-refractivity contribution in [2.45, 2.75) is 19.4 Å². The van der Waals surface area contributed by atoms with Gasteiger partial charge in [-0.15, -0.1) is 5.11 Å². The molecular weight excluding hydrogens is 475 g/mol. The van der Waals surface area contributed by atoms with Crippen molar-refractivity contribution in [1.82, 2.24) is 9.78 Å². The second kappa shape index (κ2) is 9.94. The maximum atomic E-state index is 13.2. The SMILES string of the molecule is Cc1[nH]n(-c2cccc(C(=O)O)c2)c(=O)c1N=NC1CC=CC(/C=C/c2ccc(F)cc2Cl)=C1O. The average Bonchev–Trinajstić information content (AvgIpc) is 3.12. The van der Waals surface area contributed by atoms with Crippen LogP contribution in [-0.4, -0.2) is 32.0 Å². The van der Waals surface area contributed by atoms with E-state index in [1.165, 1.54) is 41.1 Å². The molecule has 0 radical (unpaired) electrons. The van der Waals surface area contributed by atoms with E-state index >= 15 is 0 Å². The van der Waals surface area contributed by atoms with Crippen LogP contribution in [0.4, 0.5) is 10.1 Å². The Bertz CT molecular complexity index is 1480. The first-order valence-corrected chi connectivity index (χ1v) is 10.9. The summed E-state index contributed by atoms with van der Waals surface area (Å²) in [6, 6.07) is 9.24. The number of azo groups is 1. The fourth-order valence-corrected chi connectivity index (χ4v) is 3.75. The lowest BCUT2D eigenvalue weighted by Crippen LogP contribution is -2.15. The topological polar surface area (TPSA) is 120 Å². The monoisotopic (exact) mass is 494 g/mol. The molecule has 0 bridgehead atoms. The molecule has 35 heavy (non-hydrogen) atoms. The zero-order valence-corrected chi connectivity index (χ0v) is 19.2. The lowest BCUT2D eigenvalue weighted by atomic mass is 10.00. The van der Waals surface area contributed by atoms with E-state index in [1.54, 1.807) is 31.2 Å². The van der Waals surface area contributed by atoms with Crippen LogP contribution in [-0.2, 0) is 0 Å². The molecule has 0 saturated heterocycles. The summed E-state index contributed by atoms with van der Waals surface area (Å²) in [5.74, 6) is -1.59. The van der Waals surface area contributed by atoms with Gasteiger partial charge in [0.05, 0.1) is 22.0 Å². The smallest absolute Gasteiger partial charge is 0.335 e. The van der Waals surface area contributed by atoms with Crippen LogP contribution in [0.25, 0.3) is 11.8 Å². The highest BCUT2D eigenvalue weighted by molar-refractivity contribution is 6.32. The Morgan fingerprint density at radius 1 is 1.26 bits per heavy atom. The Balaban J connectivity index is 1.59. The molecule has 0 fully saturated rings. The summed E-state index contributed by atoms with van der Waals surface area (Å²) in [6.45, 7) is 1.64. The number of aromatic carboxylic acids is 1. The van der Waals surface area contributed by atoms with Crippen LogP contribution in [0, 0.1) is 12.7 Å². The standard InChI is InChI=1S/C25H20ClFN4O4/c1-14-22(24(33)31(30-14)19-6-2-5-17(12-19)25(34)35)29-28-21-7-3-4-16(23(21)32)9-8-15-10-11-18(27)13-20(15)26/h2-6,8-13,21,30,32H,7H2,1H3,(H,34,35)/b9-8+,29-28?. The Morgan fingerprint density at radius 3 is 2.80 bits per heavy atom. The summed E-state index contributed by atoms with van der Waals surface area (Å²) in [5, 5.41) is 31.3. The number of hydrogen-bond donors (Lipinski definition) is 3. The largest absolute Gasteiger partial charge is 0.509 e. The fraction of sp³-hybridized carbons (Fsp3) is 0.120. The third-order valence-electron chi connectivity index (χ3n) is 5.36. The van der Waals surface area contributed by atoms with Gasteiger partial charge in [-0.05, 0) is 49.2 Å². The minimum absolute atomic E-state index is 0.0339. The average molecular weight is 495 g/mol. The number of aliphatic hydroxyl groups excluding tert-OH is 1. The molecule has 178 valence electrons. The number of nitrogens with zero attached hydrogens (tertiary/aromatic N) is 3. The quantitative estimate of drug-likeness (QED) is 0.369. The predicted molar refractivity (Wildman–Crippen MR) is 130 cm³/mol. The molecular formula is C25H20ClFN4O4. The highest BCUT2D eigenvalue weighted by Gasteiger charge is 2.19. The minimum Gasteiger partial charge on any atom is -0.509 e. The van der Waals surface area contributed by atoms with Crippen LogP contribution in [0.2, 0.25) is 5.02 Å². The summed E-state index contributed by atoms with van der Waals surface area (Å²) in [6.07, 6.45) is 7.20. The number of aromatic amines is 1. The first-order valence-electron chi connectivity index (χ1n) is 10.5.